The molecule has 4 aromatic rings. The molecule has 0 saturated carbocycles. The van der Waals surface area contributed by atoms with Crippen LogP contribution in [-0.4, -0.2) is 40.6 Å². The van der Waals surface area contributed by atoms with E-state index in [1.807, 2.05) is 53.7 Å². The smallest absolute Gasteiger partial charge is 0.208 e. The van der Waals surface area contributed by atoms with Gasteiger partial charge in [-0.2, -0.15) is 5.10 Å². The molecule has 0 amide bonds. The fraction of sp³-hybridized carbons (Fsp3) is 0.150. The van der Waals surface area contributed by atoms with Crippen LogP contribution in [0, 0.1) is 0 Å². The Labute approximate surface area is 159 Å². The van der Waals surface area contributed by atoms with E-state index in [2.05, 4.69) is 10.1 Å². The number of hydrogen-bond donors (Lipinski definition) is 0. The lowest BCUT2D eigenvalue weighted by Crippen LogP contribution is -2.19. The summed E-state index contributed by atoms with van der Waals surface area (Å²) >= 11 is 1.40. The highest BCUT2D eigenvalue weighted by Gasteiger charge is 2.18. The fourth-order valence-corrected chi connectivity index (χ4v) is 3.65. The number of aromatic nitrogens is 3. The third-order valence-electron chi connectivity index (χ3n) is 4.39. The molecule has 4 rings (SSSR count). The SMILES string of the molecule is CN(CCF)c1cccc(-c2ccnc3c(C(=O)c4cccs4)cnn23)c1. The summed E-state index contributed by atoms with van der Waals surface area (Å²) in [6.07, 6.45) is 3.24. The molecule has 0 radical (unpaired) electrons. The number of fused-ring (bicyclic) bond motifs is 1. The van der Waals surface area contributed by atoms with Crippen molar-refractivity contribution in [3.8, 4) is 11.3 Å². The second-order valence-electron chi connectivity index (χ2n) is 6.09. The van der Waals surface area contributed by atoms with Crippen LogP contribution in [0.4, 0.5) is 10.1 Å². The summed E-state index contributed by atoms with van der Waals surface area (Å²) in [6, 6.07) is 13.3. The van der Waals surface area contributed by atoms with Crippen molar-refractivity contribution >= 4 is 28.5 Å². The molecule has 1 aromatic carbocycles. The van der Waals surface area contributed by atoms with Crippen LogP contribution in [-0.2, 0) is 0 Å². The lowest BCUT2D eigenvalue weighted by atomic mass is 10.1. The minimum absolute atomic E-state index is 0.0823. The zero-order valence-corrected chi connectivity index (χ0v) is 15.5. The molecule has 0 N–H and O–H groups in total. The van der Waals surface area contributed by atoms with Crippen molar-refractivity contribution in [2.75, 3.05) is 25.2 Å². The lowest BCUT2D eigenvalue weighted by Gasteiger charge is -2.18. The van der Waals surface area contributed by atoms with Crippen LogP contribution in [0.1, 0.15) is 15.2 Å². The third-order valence-corrected chi connectivity index (χ3v) is 5.26. The number of ketones is 1. The van der Waals surface area contributed by atoms with E-state index in [9.17, 15) is 9.18 Å². The first-order valence-electron chi connectivity index (χ1n) is 8.47. The molecule has 136 valence electrons. The van der Waals surface area contributed by atoms with Gasteiger partial charge < -0.3 is 4.90 Å². The van der Waals surface area contributed by atoms with Crippen LogP contribution in [0.2, 0.25) is 0 Å². The summed E-state index contributed by atoms with van der Waals surface area (Å²) in [6.45, 7) is -0.0793. The Morgan fingerprint density at radius 1 is 1.26 bits per heavy atom. The molecular formula is C20H17FN4OS. The molecule has 3 aromatic heterocycles. The van der Waals surface area contributed by atoms with Gasteiger partial charge in [-0.15, -0.1) is 11.3 Å². The van der Waals surface area contributed by atoms with Crippen LogP contribution < -0.4 is 4.90 Å². The van der Waals surface area contributed by atoms with E-state index in [-0.39, 0.29) is 5.78 Å². The summed E-state index contributed by atoms with van der Waals surface area (Å²) < 4.78 is 14.3. The topological polar surface area (TPSA) is 50.5 Å². The maximum atomic E-state index is 12.7. The highest BCUT2D eigenvalue weighted by Crippen LogP contribution is 2.26. The van der Waals surface area contributed by atoms with E-state index in [4.69, 9.17) is 0 Å². The zero-order chi connectivity index (χ0) is 18.8. The predicted molar refractivity (Wildman–Crippen MR) is 105 cm³/mol. The number of rotatable bonds is 6. The Kier molecular flexibility index (Phi) is 4.68. The van der Waals surface area contributed by atoms with Gasteiger partial charge in [-0.3, -0.25) is 4.79 Å². The van der Waals surface area contributed by atoms with E-state index in [0.29, 0.717) is 22.6 Å². The molecule has 0 fully saturated rings. The van der Waals surface area contributed by atoms with Crippen LogP contribution in [0.5, 0.6) is 0 Å². The van der Waals surface area contributed by atoms with Crippen LogP contribution in [0.15, 0.2) is 60.2 Å². The van der Waals surface area contributed by atoms with E-state index in [1.54, 1.807) is 23.0 Å². The Bertz CT molecular complexity index is 1090. The summed E-state index contributed by atoms with van der Waals surface area (Å²) in [5.41, 5.74) is 3.65. The van der Waals surface area contributed by atoms with Gasteiger partial charge in [-0.25, -0.2) is 13.9 Å². The van der Waals surface area contributed by atoms with Crippen LogP contribution in [0.25, 0.3) is 16.9 Å². The van der Waals surface area contributed by atoms with Gasteiger partial charge in [0, 0.05) is 31.0 Å². The fourth-order valence-electron chi connectivity index (χ4n) is 2.97. The van der Waals surface area contributed by atoms with Crippen molar-refractivity contribution in [1.82, 2.24) is 14.6 Å². The maximum absolute atomic E-state index is 12.7. The maximum Gasteiger partial charge on any atom is 0.208 e. The Morgan fingerprint density at radius 3 is 2.93 bits per heavy atom. The van der Waals surface area contributed by atoms with E-state index < -0.39 is 6.67 Å². The van der Waals surface area contributed by atoms with Crippen molar-refractivity contribution in [1.29, 1.82) is 0 Å². The summed E-state index contributed by atoms with van der Waals surface area (Å²) in [7, 11) is 1.85. The van der Waals surface area contributed by atoms with Gasteiger partial charge in [0.15, 0.2) is 5.65 Å². The Morgan fingerprint density at radius 2 is 2.15 bits per heavy atom. The quantitative estimate of drug-likeness (QED) is 0.473. The first kappa shape index (κ1) is 17.4. The van der Waals surface area contributed by atoms with Gasteiger partial charge in [-0.1, -0.05) is 18.2 Å². The molecule has 0 aliphatic heterocycles. The largest absolute Gasteiger partial charge is 0.372 e. The number of anilines is 1. The third kappa shape index (κ3) is 3.21. The number of nitrogens with zero attached hydrogens (tertiary/aromatic N) is 4. The van der Waals surface area contributed by atoms with Crippen molar-refractivity contribution in [3.05, 3.63) is 70.7 Å². The molecular weight excluding hydrogens is 363 g/mol. The normalized spacial score (nSPS) is 11.0. The van der Waals surface area contributed by atoms with Gasteiger partial charge in [0.05, 0.1) is 22.3 Å². The molecule has 0 aliphatic rings. The van der Waals surface area contributed by atoms with E-state index in [1.165, 1.54) is 11.3 Å². The standard InChI is InChI=1S/C20H17FN4OS/c1-24(10-8-21)15-5-2-4-14(12-15)17-7-9-22-20-16(13-23-25(17)20)19(26)18-6-3-11-27-18/h2-7,9,11-13H,8,10H2,1H3. The molecule has 7 heteroatoms. The van der Waals surface area contributed by atoms with E-state index in [0.717, 1.165) is 16.9 Å². The van der Waals surface area contributed by atoms with Gasteiger partial charge in [0.25, 0.3) is 0 Å². The first-order chi connectivity index (χ1) is 13.2. The van der Waals surface area contributed by atoms with Gasteiger partial charge in [0.1, 0.15) is 6.67 Å². The second-order valence-corrected chi connectivity index (χ2v) is 7.04. The zero-order valence-electron chi connectivity index (χ0n) is 14.7. The minimum Gasteiger partial charge on any atom is -0.372 e. The van der Waals surface area contributed by atoms with Gasteiger partial charge in [0.2, 0.25) is 5.78 Å². The number of hydrogen-bond acceptors (Lipinski definition) is 5. The summed E-state index contributed by atoms with van der Waals surface area (Å²) in [5, 5.41) is 6.27. The summed E-state index contributed by atoms with van der Waals surface area (Å²) in [4.78, 5) is 19.6. The number of thiophene rings is 1. The summed E-state index contributed by atoms with van der Waals surface area (Å²) in [5.74, 6) is -0.0823. The minimum atomic E-state index is -0.409. The molecule has 0 bridgehead atoms. The average molecular weight is 380 g/mol. The van der Waals surface area contributed by atoms with Crippen molar-refractivity contribution < 1.29 is 9.18 Å². The monoisotopic (exact) mass is 380 g/mol. The van der Waals surface area contributed by atoms with Crippen molar-refractivity contribution in [2.45, 2.75) is 0 Å². The Hall–Kier alpha value is -3.06. The van der Waals surface area contributed by atoms with Crippen molar-refractivity contribution in [2.24, 2.45) is 0 Å². The Balaban J connectivity index is 1.78. The highest BCUT2D eigenvalue weighted by molar-refractivity contribution is 7.12. The number of halogens is 1. The van der Waals surface area contributed by atoms with Crippen LogP contribution >= 0.6 is 11.3 Å². The molecule has 27 heavy (non-hydrogen) atoms. The number of carbonyl (C=O) groups is 1. The molecule has 3 heterocycles. The molecule has 0 saturated heterocycles. The predicted octanol–water partition coefficient (Wildman–Crippen LogP) is 4.09. The number of alkyl halides is 1. The second kappa shape index (κ2) is 7.28. The molecule has 0 spiro atoms. The molecule has 0 aliphatic carbocycles. The van der Waals surface area contributed by atoms with Gasteiger partial charge >= 0.3 is 0 Å². The number of carbonyl (C=O) groups excluding carboxylic acids is 1. The van der Waals surface area contributed by atoms with Crippen molar-refractivity contribution in [3.63, 3.8) is 0 Å². The number of benzene rings is 1. The van der Waals surface area contributed by atoms with Gasteiger partial charge in [-0.05, 0) is 29.6 Å². The highest BCUT2D eigenvalue weighted by atomic mass is 32.1. The molecule has 5 nitrogen and oxygen atoms in total. The first-order valence-corrected chi connectivity index (χ1v) is 9.35. The molecule has 0 unspecified atom stereocenters. The molecule has 0 atom stereocenters. The van der Waals surface area contributed by atoms with E-state index >= 15 is 0 Å². The average Bonchev–Trinajstić information content (AvgIpc) is 3.37. The van der Waals surface area contributed by atoms with Crippen LogP contribution in [0.3, 0.4) is 0 Å². The lowest BCUT2D eigenvalue weighted by molar-refractivity contribution is 0.104.